The highest BCUT2D eigenvalue weighted by molar-refractivity contribution is 7.92. The molecule has 1 aromatic heterocycles. The summed E-state index contributed by atoms with van der Waals surface area (Å²) in [6.45, 7) is 1.24. The van der Waals surface area contributed by atoms with Gasteiger partial charge in [-0.3, -0.25) is 9.69 Å². The van der Waals surface area contributed by atoms with Gasteiger partial charge in [0.05, 0.1) is 6.54 Å². The van der Waals surface area contributed by atoms with Crippen LogP contribution >= 0.6 is 11.3 Å². The second-order valence-corrected chi connectivity index (χ2v) is 9.66. The topological polar surface area (TPSA) is 101 Å². The van der Waals surface area contributed by atoms with Gasteiger partial charge in [-0.15, -0.1) is 11.3 Å². The number of rotatable bonds is 5. The SMILES string of the molecule is CC(CC1CN(c2ccc3ccsc3c2)C(=O)O1)(C(=O)O)S(C)(=O)=O. The summed E-state index contributed by atoms with van der Waals surface area (Å²) in [6.07, 6.45) is -0.852. The Morgan fingerprint density at radius 1 is 1.44 bits per heavy atom. The number of carboxylic acid groups (broad SMARTS) is 1. The van der Waals surface area contributed by atoms with Gasteiger partial charge in [0.1, 0.15) is 6.10 Å². The van der Waals surface area contributed by atoms with Crippen molar-refractivity contribution in [1.29, 1.82) is 0 Å². The molecule has 134 valence electrons. The summed E-state index contributed by atoms with van der Waals surface area (Å²) in [5, 5.41) is 12.4. The number of ether oxygens (including phenoxy) is 1. The first-order valence-corrected chi connectivity index (χ1v) is 10.3. The fraction of sp³-hybridized carbons (Fsp3) is 0.375. The molecule has 1 aliphatic heterocycles. The molecule has 1 N–H and O–H groups in total. The standard InChI is InChI=1S/C16H17NO6S2/c1-16(14(18)19,25(2,21)22)8-12-9-17(15(20)23-12)11-4-3-10-5-6-24-13(10)7-11/h3-7,12H,8-9H2,1-2H3,(H,18,19). The lowest BCUT2D eigenvalue weighted by Crippen LogP contribution is -2.46. The summed E-state index contributed by atoms with van der Waals surface area (Å²) >= 11 is 1.54. The van der Waals surface area contributed by atoms with Crippen molar-refractivity contribution in [3.63, 3.8) is 0 Å². The van der Waals surface area contributed by atoms with Gasteiger partial charge in [-0.1, -0.05) is 6.07 Å². The van der Waals surface area contributed by atoms with Crippen LogP contribution in [0.4, 0.5) is 10.5 Å². The molecule has 0 aliphatic carbocycles. The first-order valence-electron chi connectivity index (χ1n) is 7.50. The van der Waals surface area contributed by atoms with E-state index < -0.39 is 32.8 Å². The van der Waals surface area contributed by atoms with Crippen LogP contribution in [-0.4, -0.2) is 49.2 Å². The molecule has 1 amide bonds. The van der Waals surface area contributed by atoms with Crippen LogP contribution in [0.5, 0.6) is 0 Å². The molecular weight excluding hydrogens is 366 g/mol. The number of hydrogen-bond acceptors (Lipinski definition) is 6. The molecule has 0 bridgehead atoms. The van der Waals surface area contributed by atoms with E-state index in [4.69, 9.17) is 4.74 Å². The lowest BCUT2D eigenvalue weighted by Gasteiger charge is -2.24. The van der Waals surface area contributed by atoms with Crippen molar-refractivity contribution in [1.82, 2.24) is 0 Å². The third-order valence-corrected chi connectivity index (χ3v) is 7.37. The molecule has 7 nitrogen and oxygen atoms in total. The lowest BCUT2D eigenvalue weighted by atomic mass is 10.0. The predicted molar refractivity (Wildman–Crippen MR) is 94.9 cm³/mol. The van der Waals surface area contributed by atoms with Gasteiger partial charge in [-0.25, -0.2) is 13.2 Å². The molecule has 0 spiro atoms. The number of carboxylic acids is 1. The molecule has 2 heterocycles. The van der Waals surface area contributed by atoms with Crippen LogP contribution in [0.3, 0.4) is 0 Å². The van der Waals surface area contributed by atoms with Crippen molar-refractivity contribution < 1.29 is 27.9 Å². The highest BCUT2D eigenvalue weighted by Crippen LogP contribution is 2.32. The molecule has 0 radical (unpaired) electrons. The molecule has 0 saturated carbocycles. The number of benzene rings is 1. The highest BCUT2D eigenvalue weighted by Gasteiger charge is 2.48. The van der Waals surface area contributed by atoms with Crippen molar-refractivity contribution in [2.24, 2.45) is 0 Å². The Bertz CT molecular complexity index is 950. The predicted octanol–water partition coefficient (Wildman–Crippen LogP) is 2.50. The van der Waals surface area contributed by atoms with Gasteiger partial charge in [0.2, 0.25) is 0 Å². The molecule has 1 aromatic carbocycles. The van der Waals surface area contributed by atoms with E-state index in [0.29, 0.717) is 5.69 Å². The molecule has 1 aliphatic rings. The van der Waals surface area contributed by atoms with E-state index in [1.54, 1.807) is 17.4 Å². The van der Waals surface area contributed by atoms with Crippen molar-refractivity contribution in [2.75, 3.05) is 17.7 Å². The van der Waals surface area contributed by atoms with Gasteiger partial charge in [-0.05, 0) is 35.9 Å². The zero-order valence-corrected chi connectivity index (χ0v) is 15.3. The Balaban J connectivity index is 1.83. The largest absolute Gasteiger partial charge is 0.480 e. The maximum atomic E-state index is 12.2. The Hall–Kier alpha value is -2.13. The van der Waals surface area contributed by atoms with Gasteiger partial charge in [-0.2, -0.15) is 0 Å². The molecule has 25 heavy (non-hydrogen) atoms. The third kappa shape index (κ3) is 3.09. The minimum Gasteiger partial charge on any atom is -0.480 e. The van der Waals surface area contributed by atoms with Gasteiger partial charge < -0.3 is 9.84 Å². The van der Waals surface area contributed by atoms with E-state index in [1.165, 1.54) is 4.90 Å². The van der Waals surface area contributed by atoms with E-state index in [0.717, 1.165) is 23.3 Å². The van der Waals surface area contributed by atoms with Crippen LogP contribution in [0, 0.1) is 0 Å². The van der Waals surface area contributed by atoms with Gasteiger partial charge in [0, 0.05) is 23.1 Å². The second-order valence-electron chi connectivity index (χ2n) is 6.27. The van der Waals surface area contributed by atoms with E-state index in [2.05, 4.69) is 0 Å². The molecule has 3 rings (SSSR count). The number of fused-ring (bicyclic) bond motifs is 1. The first-order chi connectivity index (χ1) is 11.6. The van der Waals surface area contributed by atoms with Gasteiger partial charge in [0.25, 0.3) is 0 Å². The molecule has 2 aromatic rings. The van der Waals surface area contributed by atoms with Gasteiger partial charge in [0.15, 0.2) is 14.6 Å². The highest BCUT2D eigenvalue weighted by atomic mass is 32.2. The average Bonchev–Trinajstić information content (AvgIpc) is 3.11. The normalized spacial score (nSPS) is 20.5. The number of thiophene rings is 1. The molecule has 2 atom stereocenters. The fourth-order valence-electron chi connectivity index (χ4n) is 2.78. The maximum Gasteiger partial charge on any atom is 0.414 e. The van der Waals surface area contributed by atoms with Gasteiger partial charge >= 0.3 is 12.1 Å². The third-order valence-electron chi connectivity index (χ3n) is 4.51. The zero-order valence-electron chi connectivity index (χ0n) is 13.6. The first kappa shape index (κ1) is 17.7. The summed E-state index contributed by atoms with van der Waals surface area (Å²) in [7, 11) is -3.88. The monoisotopic (exact) mass is 383 g/mol. The number of nitrogens with zero attached hydrogens (tertiary/aromatic N) is 1. The van der Waals surface area contributed by atoms with Crippen LogP contribution in [0.2, 0.25) is 0 Å². The number of sulfone groups is 1. The van der Waals surface area contributed by atoms with Crippen LogP contribution in [0.1, 0.15) is 13.3 Å². The van der Waals surface area contributed by atoms with Crippen LogP contribution in [0.15, 0.2) is 29.6 Å². The summed E-state index contributed by atoms with van der Waals surface area (Å²) in [6, 6.07) is 7.50. The minimum atomic E-state index is -3.88. The number of anilines is 1. The number of carbonyl (C=O) groups is 2. The molecule has 1 saturated heterocycles. The summed E-state index contributed by atoms with van der Waals surface area (Å²) in [4.78, 5) is 25.0. The zero-order chi connectivity index (χ0) is 18.4. The summed E-state index contributed by atoms with van der Waals surface area (Å²) in [5.41, 5.74) is 0.638. The molecule has 9 heteroatoms. The van der Waals surface area contributed by atoms with Crippen molar-refractivity contribution >= 4 is 49.0 Å². The van der Waals surface area contributed by atoms with Crippen molar-refractivity contribution in [3.8, 4) is 0 Å². The Labute approximate surface area is 148 Å². The Kier molecular flexibility index (Phi) is 4.24. The number of carbonyl (C=O) groups excluding carboxylic acids is 1. The molecule has 2 unspecified atom stereocenters. The van der Waals surface area contributed by atoms with Crippen LogP contribution in [-0.2, 0) is 19.4 Å². The van der Waals surface area contributed by atoms with Crippen molar-refractivity contribution in [2.45, 2.75) is 24.2 Å². The van der Waals surface area contributed by atoms with Crippen LogP contribution < -0.4 is 4.90 Å². The van der Waals surface area contributed by atoms with E-state index in [-0.39, 0.29) is 13.0 Å². The quantitative estimate of drug-likeness (QED) is 0.851. The lowest BCUT2D eigenvalue weighted by molar-refractivity contribution is -0.140. The minimum absolute atomic E-state index is 0.105. The number of hydrogen-bond donors (Lipinski definition) is 1. The van der Waals surface area contributed by atoms with Crippen molar-refractivity contribution in [3.05, 3.63) is 29.6 Å². The Morgan fingerprint density at radius 2 is 2.16 bits per heavy atom. The maximum absolute atomic E-state index is 12.2. The van der Waals surface area contributed by atoms with E-state index in [1.807, 2.05) is 23.6 Å². The summed E-state index contributed by atoms with van der Waals surface area (Å²) < 4.78 is 28.0. The fourth-order valence-corrected chi connectivity index (χ4v) is 4.41. The number of amides is 1. The van der Waals surface area contributed by atoms with Crippen LogP contribution in [0.25, 0.3) is 10.1 Å². The average molecular weight is 383 g/mol. The van der Waals surface area contributed by atoms with E-state index >= 15 is 0 Å². The van der Waals surface area contributed by atoms with E-state index in [9.17, 15) is 23.1 Å². The molecular formula is C16H17NO6S2. The second kappa shape index (κ2) is 5.99. The number of aliphatic carboxylic acids is 1. The molecule has 1 fully saturated rings. The number of cyclic esters (lactones) is 1. The summed E-state index contributed by atoms with van der Waals surface area (Å²) in [5.74, 6) is -1.45. The Morgan fingerprint density at radius 3 is 2.80 bits per heavy atom. The smallest absolute Gasteiger partial charge is 0.414 e.